The van der Waals surface area contributed by atoms with E-state index in [1.807, 2.05) is 4.90 Å². The number of rotatable bonds is 0. The minimum atomic E-state index is 0. The average Bonchev–Trinajstić information content (AvgIpc) is 2.72. The maximum absolute atomic E-state index is 11.3. The summed E-state index contributed by atoms with van der Waals surface area (Å²) in [5, 5.41) is 0.637. The Morgan fingerprint density at radius 1 is 1.47 bits per heavy atom. The summed E-state index contributed by atoms with van der Waals surface area (Å²) in [6, 6.07) is 0. The number of thiophene rings is 1. The molecule has 4 nitrogen and oxygen atoms in total. The molecule has 17 heavy (non-hydrogen) atoms. The summed E-state index contributed by atoms with van der Waals surface area (Å²) in [7, 11) is 0. The van der Waals surface area contributed by atoms with Crippen LogP contribution in [0.15, 0.2) is 0 Å². The van der Waals surface area contributed by atoms with Crippen molar-refractivity contribution in [2.24, 2.45) is 0 Å². The largest absolute Gasteiger partial charge is 0.375 e. The summed E-state index contributed by atoms with van der Waals surface area (Å²) in [6.45, 7) is 3.17. The van der Waals surface area contributed by atoms with Crippen LogP contribution in [0, 0.1) is 0 Å². The zero-order chi connectivity index (χ0) is 11.3. The number of aromatic nitrogens is 1. The molecule has 2 N–H and O–H groups in total. The molecule has 1 aliphatic rings. The smallest absolute Gasteiger partial charge is 0.219 e. The minimum absolute atomic E-state index is 0. The highest BCUT2D eigenvalue weighted by molar-refractivity contribution is 7.29. The topological polar surface area (TPSA) is 59.2 Å². The lowest BCUT2D eigenvalue weighted by Gasteiger charge is -2.25. The maximum Gasteiger partial charge on any atom is 0.219 e. The highest BCUT2D eigenvalue weighted by Gasteiger charge is 2.23. The molecule has 0 bridgehead atoms. The van der Waals surface area contributed by atoms with Crippen molar-refractivity contribution in [1.29, 1.82) is 0 Å². The molecule has 92 valence electrons. The Labute approximate surface area is 113 Å². The lowest BCUT2D eigenvalue weighted by molar-refractivity contribution is -0.129. The van der Waals surface area contributed by atoms with Crippen LogP contribution in [0.4, 0.5) is 5.13 Å². The Hall–Kier alpha value is -0.850. The van der Waals surface area contributed by atoms with E-state index in [2.05, 4.69) is 4.98 Å². The number of halogens is 1. The number of hydrogen-bond acceptors (Lipinski definition) is 5. The van der Waals surface area contributed by atoms with E-state index < -0.39 is 0 Å². The second-order valence-electron chi connectivity index (χ2n) is 3.88. The van der Waals surface area contributed by atoms with Gasteiger partial charge in [-0.1, -0.05) is 11.3 Å². The molecule has 0 saturated heterocycles. The van der Waals surface area contributed by atoms with Gasteiger partial charge in [0.15, 0.2) is 5.13 Å². The molecule has 3 rings (SSSR count). The normalized spacial score (nSPS) is 14.5. The molecule has 2 aromatic rings. The standard InChI is InChI=1S/C10H11N3OS2.ClH/c1-5(14)13-3-2-6-7(4-13)15-9-8(6)16-10(11)12-9;/h2-4H2,1H3,(H2,11,12);1H. The Balaban J connectivity index is 0.00000108. The van der Waals surface area contributed by atoms with Crippen molar-refractivity contribution in [3.05, 3.63) is 10.4 Å². The van der Waals surface area contributed by atoms with Crippen LogP contribution < -0.4 is 5.73 Å². The molecule has 0 radical (unpaired) electrons. The second-order valence-corrected chi connectivity index (χ2v) is 6.00. The third-order valence-electron chi connectivity index (χ3n) is 2.85. The number of amides is 1. The number of nitrogens with zero attached hydrogens (tertiary/aromatic N) is 2. The molecule has 0 fully saturated rings. The number of nitrogens with two attached hydrogens (primary N) is 1. The van der Waals surface area contributed by atoms with Crippen molar-refractivity contribution >= 4 is 55.6 Å². The third-order valence-corrected chi connectivity index (χ3v) is 5.04. The Morgan fingerprint density at radius 3 is 2.94 bits per heavy atom. The van der Waals surface area contributed by atoms with Crippen molar-refractivity contribution in [2.75, 3.05) is 12.3 Å². The van der Waals surface area contributed by atoms with E-state index in [-0.39, 0.29) is 18.3 Å². The number of carbonyl (C=O) groups excluding carboxylic acids is 1. The summed E-state index contributed by atoms with van der Waals surface area (Å²) >= 11 is 3.22. The molecule has 1 aliphatic heterocycles. The first kappa shape index (κ1) is 12.6. The van der Waals surface area contributed by atoms with E-state index in [0.717, 1.165) is 24.3 Å². The molecular weight excluding hydrogens is 278 g/mol. The minimum Gasteiger partial charge on any atom is -0.375 e. The fourth-order valence-corrected chi connectivity index (χ4v) is 4.38. The molecule has 0 spiro atoms. The molecule has 0 unspecified atom stereocenters. The number of fused-ring (bicyclic) bond motifs is 3. The van der Waals surface area contributed by atoms with E-state index >= 15 is 0 Å². The number of hydrogen-bond donors (Lipinski definition) is 1. The van der Waals surface area contributed by atoms with E-state index in [4.69, 9.17) is 5.73 Å². The molecule has 0 aromatic carbocycles. The fourth-order valence-electron chi connectivity index (χ4n) is 2.04. The molecule has 2 aromatic heterocycles. The summed E-state index contributed by atoms with van der Waals surface area (Å²) in [5.74, 6) is 0.148. The van der Waals surface area contributed by atoms with Gasteiger partial charge < -0.3 is 10.6 Å². The SMILES string of the molecule is CC(=O)N1CCc2c(sc3nc(N)sc23)C1.Cl. The van der Waals surface area contributed by atoms with Gasteiger partial charge in [-0.3, -0.25) is 4.79 Å². The van der Waals surface area contributed by atoms with Gasteiger partial charge in [-0.05, 0) is 12.0 Å². The Kier molecular flexibility index (Phi) is 3.29. The summed E-state index contributed by atoms with van der Waals surface area (Å²) in [5.41, 5.74) is 7.05. The first-order chi connectivity index (χ1) is 7.65. The summed E-state index contributed by atoms with van der Waals surface area (Å²) in [6.07, 6.45) is 0.927. The molecule has 7 heteroatoms. The van der Waals surface area contributed by atoms with Crippen molar-refractivity contribution in [3.63, 3.8) is 0 Å². The van der Waals surface area contributed by atoms with Crippen LogP contribution in [0.3, 0.4) is 0 Å². The van der Waals surface area contributed by atoms with Crippen LogP contribution in [0.25, 0.3) is 9.53 Å². The van der Waals surface area contributed by atoms with Crippen molar-refractivity contribution < 1.29 is 4.79 Å². The van der Waals surface area contributed by atoms with Gasteiger partial charge >= 0.3 is 0 Å². The average molecular weight is 290 g/mol. The number of anilines is 1. The molecule has 0 aliphatic carbocycles. The molecule has 1 amide bonds. The fraction of sp³-hybridized carbons (Fsp3) is 0.400. The molecule has 0 atom stereocenters. The third kappa shape index (κ3) is 2.00. The molecule has 3 heterocycles. The van der Waals surface area contributed by atoms with Gasteiger partial charge in [0, 0.05) is 18.3 Å². The van der Waals surface area contributed by atoms with E-state index in [0.29, 0.717) is 5.13 Å². The number of carbonyl (C=O) groups is 1. The Bertz CT molecular complexity index is 577. The van der Waals surface area contributed by atoms with Gasteiger partial charge in [0.05, 0.1) is 11.2 Å². The maximum atomic E-state index is 11.3. The highest BCUT2D eigenvalue weighted by atomic mass is 35.5. The van der Waals surface area contributed by atoms with Crippen molar-refractivity contribution in [3.8, 4) is 0 Å². The quantitative estimate of drug-likeness (QED) is 0.809. The lowest BCUT2D eigenvalue weighted by atomic mass is 10.1. The Morgan fingerprint density at radius 2 is 2.24 bits per heavy atom. The first-order valence-electron chi connectivity index (χ1n) is 5.07. The van der Waals surface area contributed by atoms with Gasteiger partial charge in [-0.15, -0.1) is 23.7 Å². The van der Waals surface area contributed by atoms with Crippen LogP contribution in [0.5, 0.6) is 0 Å². The van der Waals surface area contributed by atoms with Crippen molar-refractivity contribution in [1.82, 2.24) is 9.88 Å². The number of nitrogen functional groups attached to an aromatic ring is 1. The highest BCUT2D eigenvalue weighted by Crippen LogP contribution is 2.39. The van der Waals surface area contributed by atoms with Gasteiger partial charge in [0.1, 0.15) is 4.83 Å². The van der Waals surface area contributed by atoms with Crippen LogP contribution in [0.2, 0.25) is 0 Å². The van der Waals surface area contributed by atoms with Gasteiger partial charge in [0.2, 0.25) is 5.91 Å². The van der Waals surface area contributed by atoms with E-state index in [9.17, 15) is 4.79 Å². The van der Waals surface area contributed by atoms with Crippen LogP contribution in [0.1, 0.15) is 17.4 Å². The van der Waals surface area contributed by atoms with Gasteiger partial charge in [-0.25, -0.2) is 4.98 Å². The van der Waals surface area contributed by atoms with E-state index in [1.54, 1.807) is 29.6 Å². The molecular formula is C10H12ClN3OS2. The van der Waals surface area contributed by atoms with Crippen molar-refractivity contribution in [2.45, 2.75) is 19.9 Å². The predicted octanol–water partition coefficient (Wildman–Crippen LogP) is 2.27. The number of thiazole rings is 1. The predicted molar refractivity (Wildman–Crippen MR) is 74.0 cm³/mol. The van der Waals surface area contributed by atoms with Gasteiger partial charge in [-0.2, -0.15) is 0 Å². The zero-order valence-corrected chi connectivity index (χ0v) is 11.7. The first-order valence-corrected chi connectivity index (χ1v) is 6.70. The molecule has 0 saturated carbocycles. The summed E-state index contributed by atoms with van der Waals surface area (Å²) < 4.78 is 1.22. The summed E-state index contributed by atoms with van der Waals surface area (Å²) in [4.78, 5) is 19.8. The second kappa shape index (κ2) is 4.44. The zero-order valence-electron chi connectivity index (χ0n) is 9.23. The lowest BCUT2D eigenvalue weighted by Crippen LogP contribution is -2.33. The monoisotopic (exact) mass is 289 g/mol. The van der Waals surface area contributed by atoms with E-state index in [1.165, 1.54) is 15.1 Å². The van der Waals surface area contributed by atoms with Gasteiger partial charge in [0.25, 0.3) is 0 Å². The van der Waals surface area contributed by atoms with Crippen LogP contribution in [-0.2, 0) is 17.8 Å². The van der Waals surface area contributed by atoms with Crippen LogP contribution >= 0.6 is 35.1 Å². The van der Waals surface area contributed by atoms with Crippen LogP contribution in [-0.4, -0.2) is 22.3 Å².